The first-order valence-corrected chi connectivity index (χ1v) is 9.88. The molecule has 13 heteroatoms. The van der Waals surface area contributed by atoms with Crippen LogP contribution in [0.3, 0.4) is 0 Å². The molecule has 2 aromatic rings. The molecule has 1 saturated heterocycles. The second-order valence-electron chi connectivity index (χ2n) is 7.56. The summed E-state index contributed by atoms with van der Waals surface area (Å²) in [5.74, 6) is -1.30. The maximum atomic E-state index is 14.2. The van der Waals surface area contributed by atoms with Crippen molar-refractivity contribution in [1.29, 1.82) is 0 Å². The van der Waals surface area contributed by atoms with Gasteiger partial charge in [-0.15, -0.1) is 0 Å². The summed E-state index contributed by atoms with van der Waals surface area (Å²) in [7, 11) is 0. The van der Waals surface area contributed by atoms with Crippen LogP contribution >= 0.6 is 15.9 Å². The van der Waals surface area contributed by atoms with Crippen LogP contribution in [0.1, 0.15) is 45.1 Å². The van der Waals surface area contributed by atoms with Gasteiger partial charge in [0.05, 0.1) is 16.7 Å². The number of rotatable bonds is 3. The van der Waals surface area contributed by atoms with Crippen molar-refractivity contribution in [3.8, 4) is 0 Å². The summed E-state index contributed by atoms with van der Waals surface area (Å²) < 4.78 is 122. The number of benzene rings is 2. The normalized spacial score (nSPS) is 21.9. The van der Waals surface area contributed by atoms with Gasteiger partial charge in [0.15, 0.2) is 0 Å². The van der Waals surface area contributed by atoms with E-state index in [1.165, 1.54) is 12.1 Å². The lowest BCUT2D eigenvalue weighted by molar-refractivity contribution is -0.186. The zero-order valence-corrected chi connectivity index (χ0v) is 17.7. The summed E-state index contributed by atoms with van der Waals surface area (Å²) in [6.07, 6.45) is -16.7. The fourth-order valence-corrected chi connectivity index (χ4v) is 4.34. The van der Waals surface area contributed by atoms with Gasteiger partial charge in [0, 0.05) is 17.1 Å². The Morgan fingerprint density at radius 1 is 0.939 bits per heavy atom. The van der Waals surface area contributed by atoms with Crippen molar-refractivity contribution < 1.29 is 49.4 Å². The smallest absolute Gasteiger partial charge is 0.416 e. The largest absolute Gasteiger partial charge is 0.478 e. The van der Waals surface area contributed by atoms with Gasteiger partial charge in [-0.2, -0.15) is 39.5 Å². The molecule has 0 saturated carbocycles. The number of carboxylic acids is 1. The van der Waals surface area contributed by atoms with Crippen molar-refractivity contribution in [2.75, 3.05) is 6.54 Å². The Labute approximate surface area is 188 Å². The fraction of sp³-hybridized carbons (Fsp3) is 0.350. The zero-order valence-electron chi connectivity index (χ0n) is 16.1. The molecule has 1 heterocycles. The second kappa shape index (κ2) is 8.19. The molecule has 2 unspecified atom stereocenters. The van der Waals surface area contributed by atoms with Gasteiger partial charge < -0.3 is 10.4 Å². The number of aromatic carboxylic acids is 1. The molecule has 1 fully saturated rings. The van der Waals surface area contributed by atoms with E-state index in [1.54, 1.807) is 0 Å². The van der Waals surface area contributed by atoms with Gasteiger partial charge in [0.25, 0.3) is 0 Å². The molecule has 33 heavy (non-hydrogen) atoms. The first-order chi connectivity index (χ1) is 15.0. The van der Waals surface area contributed by atoms with E-state index in [4.69, 9.17) is 5.11 Å². The molecule has 0 amide bonds. The molecule has 0 radical (unpaired) electrons. The lowest BCUT2D eigenvalue weighted by Gasteiger charge is -2.33. The Morgan fingerprint density at radius 3 is 1.91 bits per heavy atom. The van der Waals surface area contributed by atoms with E-state index < -0.39 is 65.6 Å². The van der Waals surface area contributed by atoms with Crippen LogP contribution in [0.4, 0.5) is 39.5 Å². The monoisotopic (exact) mass is 549 g/mol. The van der Waals surface area contributed by atoms with Crippen molar-refractivity contribution in [2.45, 2.75) is 36.4 Å². The number of carboxylic acid groups (broad SMARTS) is 1. The van der Waals surface area contributed by atoms with Crippen molar-refractivity contribution >= 4 is 21.9 Å². The van der Waals surface area contributed by atoms with E-state index in [-0.39, 0.29) is 33.8 Å². The molecule has 1 aliphatic heterocycles. The standard InChI is InChI=1S/C20H13BrF9NO2/c21-14-3-9(1-2-13(14)16(32)33)15-7-17(8-31-15,20(28,29)30)10-4-11(18(22,23)24)6-12(5-10)19(25,26)27/h1-6,15,31H,7-8H2,(H,32,33). The molecule has 0 spiro atoms. The minimum atomic E-state index is -5.30. The Kier molecular flexibility index (Phi) is 6.29. The quantitative estimate of drug-likeness (QED) is 0.418. The predicted octanol–water partition coefficient (Wildman–Crippen LogP) is 6.72. The van der Waals surface area contributed by atoms with Gasteiger partial charge in [-0.25, -0.2) is 4.79 Å². The third kappa shape index (κ3) is 4.84. The first-order valence-electron chi connectivity index (χ1n) is 9.08. The van der Waals surface area contributed by atoms with Gasteiger partial charge in [0.2, 0.25) is 0 Å². The van der Waals surface area contributed by atoms with Crippen molar-refractivity contribution in [2.24, 2.45) is 0 Å². The SMILES string of the molecule is O=C(O)c1ccc(C2CC(c3cc(C(F)(F)F)cc(C(F)(F)F)c3)(C(F)(F)F)CN2)cc1Br. The summed E-state index contributed by atoms with van der Waals surface area (Å²) in [5, 5.41) is 11.6. The van der Waals surface area contributed by atoms with Crippen LogP contribution in [0.5, 0.6) is 0 Å². The number of alkyl halides is 9. The summed E-state index contributed by atoms with van der Waals surface area (Å²) >= 11 is 2.99. The van der Waals surface area contributed by atoms with Gasteiger partial charge in [-0.3, -0.25) is 0 Å². The van der Waals surface area contributed by atoms with Gasteiger partial charge in [-0.1, -0.05) is 6.07 Å². The Balaban J connectivity index is 2.13. The number of halogens is 10. The molecule has 0 aliphatic carbocycles. The molecule has 1 aliphatic rings. The molecular weight excluding hydrogens is 537 g/mol. The molecule has 0 aromatic heterocycles. The highest BCUT2D eigenvalue weighted by atomic mass is 79.9. The van der Waals surface area contributed by atoms with Crippen molar-refractivity contribution in [3.63, 3.8) is 0 Å². The van der Waals surface area contributed by atoms with Gasteiger partial charge in [0.1, 0.15) is 5.41 Å². The molecule has 180 valence electrons. The fourth-order valence-electron chi connectivity index (χ4n) is 3.78. The number of nitrogens with one attached hydrogen (secondary N) is 1. The average Bonchev–Trinajstić information content (AvgIpc) is 3.13. The van der Waals surface area contributed by atoms with Crippen molar-refractivity contribution in [3.05, 3.63) is 68.7 Å². The number of hydrogen-bond acceptors (Lipinski definition) is 2. The highest BCUT2D eigenvalue weighted by Crippen LogP contribution is 2.52. The van der Waals surface area contributed by atoms with Crippen LogP contribution < -0.4 is 5.32 Å². The van der Waals surface area contributed by atoms with E-state index in [2.05, 4.69) is 21.2 Å². The lowest BCUT2D eigenvalue weighted by atomic mass is 9.75. The van der Waals surface area contributed by atoms with Crippen LogP contribution in [-0.4, -0.2) is 23.8 Å². The number of hydrogen-bond donors (Lipinski definition) is 2. The van der Waals surface area contributed by atoms with E-state index in [1.807, 2.05) is 0 Å². The molecule has 3 rings (SSSR count). The molecule has 3 nitrogen and oxygen atoms in total. The average molecular weight is 550 g/mol. The zero-order chi connectivity index (χ0) is 25.0. The summed E-state index contributed by atoms with van der Waals surface area (Å²) in [4.78, 5) is 11.1. The topological polar surface area (TPSA) is 49.3 Å². The van der Waals surface area contributed by atoms with Gasteiger partial charge >= 0.3 is 24.5 Å². The summed E-state index contributed by atoms with van der Waals surface area (Å²) in [6.45, 7) is -0.974. The molecular formula is C20H13BrF9NO2. The maximum absolute atomic E-state index is 14.2. The van der Waals surface area contributed by atoms with Crippen LogP contribution in [0.25, 0.3) is 0 Å². The summed E-state index contributed by atoms with van der Waals surface area (Å²) in [5.41, 5.74) is -7.88. The van der Waals surface area contributed by atoms with Crippen LogP contribution in [-0.2, 0) is 17.8 Å². The minimum Gasteiger partial charge on any atom is -0.478 e. The van der Waals surface area contributed by atoms with Crippen LogP contribution in [0.2, 0.25) is 0 Å². The van der Waals surface area contributed by atoms with Crippen LogP contribution in [0.15, 0.2) is 40.9 Å². The number of carbonyl (C=O) groups is 1. The summed E-state index contributed by atoms with van der Waals surface area (Å²) in [6, 6.07) is 2.44. The van der Waals surface area contributed by atoms with E-state index in [0.717, 1.165) is 6.07 Å². The molecule has 0 bridgehead atoms. The van der Waals surface area contributed by atoms with E-state index >= 15 is 0 Å². The van der Waals surface area contributed by atoms with Gasteiger partial charge in [-0.05, 0) is 63.8 Å². The van der Waals surface area contributed by atoms with E-state index in [0.29, 0.717) is 0 Å². The predicted molar refractivity (Wildman–Crippen MR) is 101 cm³/mol. The maximum Gasteiger partial charge on any atom is 0.416 e. The Hall–Kier alpha value is -2.28. The molecule has 2 aromatic carbocycles. The highest BCUT2D eigenvalue weighted by molar-refractivity contribution is 9.10. The third-order valence-corrected chi connectivity index (χ3v) is 6.17. The third-order valence-electron chi connectivity index (χ3n) is 5.51. The van der Waals surface area contributed by atoms with Crippen molar-refractivity contribution in [1.82, 2.24) is 5.32 Å². The Bertz CT molecular complexity index is 1050. The Morgan fingerprint density at radius 2 is 1.48 bits per heavy atom. The first kappa shape index (κ1) is 25.3. The van der Waals surface area contributed by atoms with Crippen LogP contribution in [0, 0.1) is 0 Å². The van der Waals surface area contributed by atoms with E-state index in [9.17, 15) is 44.3 Å². The minimum absolute atomic E-state index is 0.0530. The second-order valence-corrected chi connectivity index (χ2v) is 8.41. The molecule has 2 N–H and O–H groups in total. The lowest BCUT2D eigenvalue weighted by Crippen LogP contribution is -2.44. The highest BCUT2D eigenvalue weighted by Gasteiger charge is 2.60. The molecule has 2 atom stereocenters.